The molecule has 1 aromatic carbocycles. The van der Waals surface area contributed by atoms with E-state index in [1.165, 1.54) is 6.07 Å². The van der Waals surface area contributed by atoms with Gasteiger partial charge in [0.05, 0.1) is 11.1 Å². The van der Waals surface area contributed by atoms with E-state index >= 15 is 0 Å². The maximum atomic E-state index is 13.6. The molecule has 0 aliphatic rings. The second kappa shape index (κ2) is 7.94. The standard InChI is InChI=1S/C15H21FN2OS/c1-5-10-18(14(20-4)11(2)3)15(19)17-13-9-7-6-8-12(13)16/h5-9,11,14H,1,10H2,2-4H3,(H,17,19). The number of carbonyl (C=O) groups excluding carboxylic acids is 1. The van der Waals surface area contributed by atoms with E-state index < -0.39 is 5.82 Å². The maximum absolute atomic E-state index is 13.6. The number of amides is 2. The first kappa shape index (κ1) is 16.6. The second-order valence-electron chi connectivity index (χ2n) is 4.72. The highest BCUT2D eigenvalue weighted by atomic mass is 32.2. The Bertz CT molecular complexity index is 465. The molecule has 0 saturated carbocycles. The van der Waals surface area contributed by atoms with Crippen molar-refractivity contribution in [3.8, 4) is 0 Å². The number of hydrogen-bond donors (Lipinski definition) is 1. The molecule has 110 valence electrons. The zero-order valence-corrected chi connectivity index (χ0v) is 12.9. The molecule has 1 atom stereocenters. The lowest BCUT2D eigenvalue weighted by atomic mass is 10.2. The fourth-order valence-electron chi connectivity index (χ4n) is 1.95. The Balaban J connectivity index is 2.89. The summed E-state index contributed by atoms with van der Waals surface area (Å²) in [6.45, 7) is 8.20. The van der Waals surface area contributed by atoms with Gasteiger partial charge in [-0.1, -0.05) is 32.1 Å². The summed E-state index contributed by atoms with van der Waals surface area (Å²) in [4.78, 5) is 14.0. The molecular weight excluding hydrogens is 275 g/mol. The quantitative estimate of drug-likeness (QED) is 0.630. The predicted octanol–water partition coefficient (Wildman–Crippen LogP) is 4.19. The van der Waals surface area contributed by atoms with E-state index in [0.717, 1.165) is 0 Å². The van der Waals surface area contributed by atoms with Crippen LogP contribution in [0.4, 0.5) is 14.9 Å². The number of hydrogen-bond acceptors (Lipinski definition) is 2. The Labute approximate surface area is 124 Å². The molecule has 0 aliphatic heterocycles. The first-order chi connectivity index (χ1) is 9.51. The second-order valence-corrected chi connectivity index (χ2v) is 5.68. The summed E-state index contributed by atoms with van der Waals surface area (Å²) in [5.74, 6) is -0.152. The summed E-state index contributed by atoms with van der Waals surface area (Å²) in [6.07, 6.45) is 3.63. The van der Waals surface area contributed by atoms with Gasteiger partial charge in [-0.05, 0) is 24.3 Å². The van der Waals surface area contributed by atoms with Crippen LogP contribution in [0.15, 0.2) is 36.9 Å². The van der Waals surface area contributed by atoms with Crippen LogP contribution in [-0.4, -0.2) is 29.1 Å². The van der Waals surface area contributed by atoms with Gasteiger partial charge in [0.15, 0.2) is 0 Å². The predicted molar refractivity (Wildman–Crippen MR) is 84.5 cm³/mol. The number of thioether (sulfide) groups is 1. The van der Waals surface area contributed by atoms with Gasteiger partial charge in [0.2, 0.25) is 0 Å². The van der Waals surface area contributed by atoms with Crippen LogP contribution in [0.1, 0.15) is 13.8 Å². The van der Waals surface area contributed by atoms with E-state index in [-0.39, 0.29) is 23.0 Å². The van der Waals surface area contributed by atoms with Crippen LogP contribution in [0.5, 0.6) is 0 Å². The minimum Gasteiger partial charge on any atom is -0.309 e. The zero-order chi connectivity index (χ0) is 15.1. The van der Waals surface area contributed by atoms with Crippen molar-refractivity contribution < 1.29 is 9.18 Å². The van der Waals surface area contributed by atoms with E-state index in [1.807, 2.05) is 20.1 Å². The molecule has 0 fully saturated rings. The Kier molecular flexibility index (Phi) is 6.58. The van der Waals surface area contributed by atoms with Crippen LogP contribution in [0.2, 0.25) is 0 Å². The van der Waals surface area contributed by atoms with E-state index in [1.54, 1.807) is 40.9 Å². The number of nitrogens with one attached hydrogen (secondary N) is 1. The van der Waals surface area contributed by atoms with E-state index in [0.29, 0.717) is 6.54 Å². The summed E-state index contributed by atoms with van der Waals surface area (Å²) >= 11 is 1.59. The fourth-order valence-corrected chi connectivity index (χ4v) is 2.93. The average Bonchev–Trinajstić information content (AvgIpc) is 2.40. The molecule has 0 radical (unpaired) electrons. The van der Waals surface area contributed by atoms with Gasteiger partial charge in [0.25, 0.3) is 0 Å². The smallest absolute Gasteiger partial charge is 0.309 e. The lowest BCUT2D eigenvalue weighted by Crippen LogP contribution is -2.43. The SMILES string of the molecule is C=CCN(C(=O)Nc1ccccc1F)C(SC)C(C)C. The van der Waals surface area contributed by atoms with Gasteiger partial charge in [-0.15, -0.1) is 18.3 Å². The van der Waals surface area contributed by atoms with Crippen LogP contribution in [0.3, 0.4) is 0 Å². The Morgan fingerprint density at radius 2 is 2.15 bits per heavy atom. The maximum Gasteiger partial charge on any atom is 0.323 e. The molecular formula is C15H21FN2OS. The molecule has 0 saturated heterocycles. The minimum atomic E-state index is -0.440. The summed E-state index contributed by atoms with van der Waals surface area (Å²) in [7, 11) is 0. The van der Waals surface area contributed by atoms with Crippen LogP contribution in [0.25, 0.3) is 0 Å². The molecule has 2 amide bonds. The Morgan fingerprint density at radius 3 is 2.65 bits per heavy atom. The molecule has 1 rings (SSSR count). The van der Waals surface area contributed by atoms with Gasteiger partial charge >= 0.3 is 6.03 Å². The number of para-hydroxylation sites is 1. The lowest BCUT2D eigenvalue weighted by Gasteiger charge is -2.32. The molecule has 1 N–H and O–H groups in total. The van der Waals surface area contributed by atoms with Crippen LogP contribution < -0.4 is 5.32 Å². The third-order valence-electron chi connectivity index (χ3n) is 2.82. The number of rotatable bonds is 6. The Hall–Kier alpha value is -1.49. The molecule has 0 aromatic heterocycles. The van der Waals surface area contributed by atoms with Crippen molar-refractivity contribution in [1.82, 2.24) is 4.90 Å². The number of nitrogens with zero attached hydrogens (tertiary/aromatic N) is 1. The van der Waals surface area contributed by atoms with Crippen LogP contribution in [0, 0.1) is 11.7 Å². The average molecular weight is 296 g/mol. The first-order valence-electron chi connectivity index (χ1n) is 6.47. The molecule has 3 nitrogen and oxygen atoms in total. The molecule has 1 unspecified atom stereocenters. The van der Waals surface area contributed by atoms with Crippen molar-refractivity contribution in [2.75, 3.05) is 18.1 Å². The normalized spacial score (nSPS) is 12.1. The number of carbonyl (C=O) groups is 1. The molecule has 0 heterocycles. The van der Waals surface area contributed by atoms with Crippen LogP contribution >= 0.6 is 11.8 Å². The number of halogens is 1. The van der Waals surface area contributed by atoms with Crippen molar-refractivity contribution in [3.63, 3.8) is 0 Å². The van der Waals surface area contributed by atoms with E-state index in [4.69, 9.17) is 0 Å². The molecule has 0 spiro atoms. The van der Waals surface area contributed by atoms with Gasteiger partial charge in [0, 0.05) is 6.54 Å². The summed E-state index contributed by atoms with van der Waals surface area (Å²) in [5, 5.41) is 2.63. The van der Waals surface area contributed by atoms with Crippen molar-refractivity contribution in [1.29, 1.82) is 0 Å². The van der Waals surface area contributed by atoms with E-state index in [9.17, 15) is 9.18 Å². The summed E-state index contributed by atoms with van der Waals surface area (Å²) < 4.78 is 13.6. The number of anilines is 1. The van der Waals surface area contributed by atoms with Crippen molar-refractivity contribution in [2.24, 2.45) is 5.92 Å². The summed E-state index contributed by atoms with van der Waals surface area (Å²) in [5.41, 5.74) is 0.190. The largest absolute Gasteiger partial charge is 0.323 e. The third-order valence-corrected chi connectivity index (χ3v) is 4.10. The fraction of sp³-hybridized carbons (Fsp3) is 0.400. The van der Waals surface area contributed by atoms with Gasteiger partial charge < -0.3 is 10.2 Å². The highest BCUT2D eigenvalue weighted by Crippen LogP contribution is 2.23. The van der Waals surface area contributed by atoms with Crippen molar-refractivity contribution >= 4 is 23.5 Å². The van der Waals surface area contributed by atoms with Crippen molar-refractivity contribution in [2.45, 2.75) is 19.2 Å². The summed E-state index contributed by atoms with van der Waals surface area (Å²) in [6, 6.07) is 5.82. The number of benzene rings is 1. The minimum absolute atomic E-state index is 0.0137. The number of urea groups is 1. The lowest BCUT2D eigenvalue weighted by molar-refractivity contribution is 0.203. The Morgan fingerprint density at radius 1 is 1.50 bits per heavy atom. The van der Waals surface area contributed by atoms with Crippen molar-refractivity contribution in [3.05, 3.63) is 42.7 Å². The molecule has 1 aromatic rings. The molecule has 0 bridgehead atoms. The van der Waals surface area contributed by atoms with Gasteiger partial charge in [-0.25, -0.2) is 9.18 Å². The highest BCUT2D eigenvalue weighted by molar-refractivity contribution is 7.99. The third kappa shape index (κ3) is 4.27. The highest BCUT2D eigenvalue weighted by Gasteiger charge is 2.25. The zero-order valence-electron chi connectivity index (χ0n) is 12.1. The molecule has 0 aliphatic carbocycles. The van der Waals surface area contributed by atoms with Gasteiger partial charge in [0.1, 0.15) is 5.82 Å². The topological polar surface area (TPSA) is 32.3 Å². The van der Waals surface area contributed by atoms with Crippen LogP contribution in [-0.2, 0) is 0 Å². The molecule has 5 heteroatoms. The first-order valence-corrected chi connectivity index (χ1v) is 7.75. The molecule has 20 heavy (non-hydrogen) atoms. The van der Waals surface area contributed by atoms with Gasteiger partial charge in [-0.3, -0.25) is 0 Å². The van der Waals surface area contributed by atoms with E-state index in [2.05, 4.69) is 11.9 Å². The monoisotopic (exact) mass is 296 g/mol. The van der Waals surface area contributed by atoms with Gasteiger partial charge in [-0.2, -0.15) is 0 Å².